The van der Waals surface area contributed by atoms with Crippen molar-refractivity contribution < 1.29 is 4.79 Å². The van der Waals surface area contributed by atoms with E-state index in [2.05, 4.69) is 28.7 Å². The third-order valence-electron chi connectivity index (χ3n) is 4.70. The van der Waals surface area contributed by atoms with E-state index in [1.54, 1.807) is 11.3 Å². The molecule has 2 aliphatic rings. The van der Waals surface area contributed by atoms with Gasteiger partial charge in [-0.1, -0.05) is 6.08 Å². The van der Waals surface area contributed by atoms with Gasteiger partial charge < -0.3 is 10.2 Å². The van der Waals surface area contributed by atoms with Crippen LogP contribution in [0.25, 0.3) is 0 Å². The van der Waals surface area contributed by atoms with Crippen molar-refractivity contribution in [3.63, 3.8) is 0 Å². The zero-order valence-electron chi connectivity index (χ0n) is 12.2. The molecule has 21 heavy (non-hydrogen) atoms. The molecular formula is C16H23ClN2OS. The molecule has 1 atom stereocenters. The quantitative estimate of drug-likeness (QED) is 0.843. The Balaban J connectivity index is 0.00000161. The topological polar surface area (TPSA) is 32.3 Å². The molecule has 5 heteroatoms. The van der Waals surface area contributed by atoms with E-state index >= 15 is 0 Å². The van der Waals surface area contributed by atoms with Crippen molar-refractivity contribution in [1.29, 1.82) is 0 Å². The van der Waals surface area contributed by atoms with Crippen molar-refractivity contribution in [2.24, 2.45) is 11.3 Å². The van der Waals surface area contributed by atoms with Crippen molar-refractivity contribution in [1.82, 2.24) is 10.2 Å². The van der Waals surface area contributed by atoms with Crippen LogP contribution >= 0.6 is 23.7 Å². The second-order valence-electron chi connectivity index (χ2n) is 6.01. The van der Waals surface area contributed by atoms with Gasteiger partial charge in [-0.2, -0.15) is 11.3 Å². The molecule has 116 valence electrons. The molecule has 0 bridgehead atoms. The standard InChI is InChI=1S/C16H22N2OS.ClH/c1-2-8-18(11-13-3-9-20-12-13)15(19)14-10-16(14)4-6-17-7-5-16;/h2-3,9,12,14,17H,1,4-8,10-11H2;1H. The van der Waals surface area contributed by atoms with Gasteiger partial charge in [0, 0.05) is 19.0 Å². The first-order valence-electron chi connectivity index (χ1n) is 7.37. The van der Waals surface area contributed by atoms with Gasteiger partial charge in [-0.25, -0.2) is 0 Å². The second-order valence-corrected chi connectivity index (χ2v) is 6.79. The van der Waals surface area contributed by atoms with Crippen molar-refractivity contribution in [3.05, 3.63) is 35.0 Å². The number of carbonyl (C=O) groups excluding carboxylic acids is 1. The molecule has 0 radical (unpaired) electrons. The monoisotopic (exact) mass is 326 g/mol. The van der Waals surface area contributed by atoms with Crippen LogP contribution in [0.3, 0.4) is 0 Å². The highest BCUT2D eigenvalue weighted by molar-refractivity contribution is 7.07. The summed E-state index contributed by atoms with van der Waals surface area (Å²) in [6, 6.07) is 2.10. The Morgan fingerprint density at radius 1 is 1.52 bits per heavy atom. The zero-order chi connectivity index (χ0) is 14.0. The lowest BCUT2D eigenvalue weighted by Gasteiger charge is -2.26. The third kappa shape index (κ3) is 3.50. The Bertz CT molecular complexity index is 482. The molecule has 1 aromatic heterocycles. The van der Waals surface area contributed by atoms with Gasteiger partial charge in [-0.3, -0.25) is 4.79 Å². The second kappa shape index (κ2) is 6.95. The minimum atomic E-state index is 0. The first kappa shape index (κ1) is 16.5. The average molecular weight is 327 g/mol. The minimum absolute atomic E-state index is 0. The van der Waals surface area contributed by atoms with Crippen LogP contribution in [0.5, 0.6) is 0 Å². The summed E-state index contributed by atoms with van der Waals surface area (Å²) in [5.74, 6) is 0.584. The first-order valence-corrected chi connectivity index (χ1v) is 8.31. The molecule has 1 amide bonds. The van der Waals surface area contributed by atoms with E-state index < -0.39 is 0 Å². The molecule has 3 nitrogen and oxygen atoms in total. The summed E-state index contributed by atoms with van der Waals surface area (Å²) in [6.45, 7) is 7.30. The van der Waals surface area contributed by atoms with Gasteiger partial charge in [-0.15, -0.1) is 19.0 Å². The Kier molecular flexibility index (Phi) is 5.47. The number of amides is 1. The lowest BCUT2D eigenvalue weighted by Crippen LogP contribution is -2.36. The van der Waals surface area contributed by atoms with Crippen LogP contribution in [0.1, 0.15) is 24.8 Å². The van der Waals surface area contributed by atoms with Gasteiger partial charge in [0.15, 0.2) is 0 Å². The summed E-state index contributed by atoms with van der Waals surface area (Å²) in [4.78, 5) is 14.7. The maximum absolute atomic E-state index is 12.8. The summed E-state index contributed by atoms with van der Waals surface area (Å²) < 4.78 is 0. The van der Waals surface area contributed by atoms with Crippen molar-refractivity contribution in [3.8, 4) is 0 Å². The van der Waals surface area contributed by atoms with Crippen LogP contribution in [0.2, 0.25) is 0 Å². The largest absolute Gasteiger partial charge is 0.334 e. The highest BCUT2D eigenvalue weighted by atomic mass is 35.5. The number of nitrogens with one attached hydrogen (secondary N) is 1. The van der Waals surface area contributed by atoms with E-state index in [1.807, 2.05) is 11.0 Å². The predicted octanol–water partition coefficient (Wildman–Crippen LogP) is 3.07. The fourth-order valence-electron chi connectivity index (χ4n) is 3.39. The number of carbonyl (C=O) groups is 1. The number of halogens is 1. The molecule has 1 aliphatic carbocycles. The number of nitrogens with zero attached hydrogens (tertiary/aromatic N) is 1. The number of thiophene rings is 1. The average Bonchev–Trinajstić information content (AvgIpc) is 2.91. The molecule has 1 saturated heterocycles. The predicted molar refractivity (Wildman–Crippen MR) is 89.8 cm³/mol. The smallest absolute Gasteiger partial charge is 0.226 e. The molecule has 0 aromatic carbocycles. The van der Waals surface area contributed by atoms with Crippen LogP contribution in [-0.4, -0.2) is 30.4 Å². The molecule has 1 spiro atoms. The lowest BCUT2D eigenvalue weighted by molar-refractivity contribution is -0.133. The Morgan fingerprint density at radius 3 is 2.90 bits per heavy atom. The summed E-state index contributed by atoms with van der Waals surface area (Å²) in [6.07, 6.45) is 5.24. The number of hydrogen-bond donors (Lipinski definition) is 1. The van der Waals surface area contributed by atoms with Crippen LogP contribution in [0.15, 0.2) is 29.5 Å². The fourth-order valence-corrected chi connectivity index (χ4v) is 4.05. The Labute approximate surface area is 136 Å². The van der Waals surface area contributed by atoms with E-state index in [1.165, 1.54) is 5.56 Å². The lowest BCUT2D eigenvalue weighted by atomic mass is 9.91. The Morgan fingerprint density at radius 2 is 2.29 bits per heavy atom. The molecule has 2 heterocycles. The summed E-state index contributed by atoms with van der Waals surface area (Å²) in [5, 5.41) is 7.58. The molecule has 2 fully saturated rings. The van der Waals surface area contributed by atoms with Crippen LogP contribution in [0, 0.1) is 11.3 Å². The van der Waals surface area contributed by atoms with E-state index in [0.29, 0.717) is 17.9 Å². The maximum atomic E-state index is 12.8. The summed E-state index contributed by atoms with van der Waals surface area (Å²) in [7, 11) is 0. The van der Waals surface area contributed by atoms with Gasteiger partial charge in [0.2, 0.25) is 5.91 Å². The van der Waals surface area contributed by atoms with Crippen LogP contribution < -0.4 is 5.32 Å². The number of hydrogen-bond acceptors (Lipinski definition) is 3. The van der Waals surface area contributed by atoms with Gasteiger partial charge in [-0.05, 0) is 60.2 Å². The first-order chi connectivity index (χ1) is 9.75. The summed E-state index contributed by atoms with van der Waals surface area (Å²) in [5.41, 5.74) is 1.54. The van der Waals surface area contributed by atoms with Gasteiger partial charge >= 0.3 is 0 Å². The number of rotatable bonds is 5. The normalized spacial score (nSPS) is 22.4. The Hall–Kier alpha value is -0.840. The fraction of sp³-hybridized carbons (Fsp3) is 0.562. The molecule has 1 aromatic rings. The van der Waals surface area contributed by atoms with Crippen LogP contribution in [0.4, 0.5) is 0 Å². The summed E-state index contributed by atoms with van der Waals surface area (Å²) >= 11 is 1.68. The van der Waals surface area contributed by atoms with E-state index in [0.717, 1.165) is 38.9 Å². The van der Waals surface area contributed by atoms with E-state index in [9.17, 15) is 4.79 Å². The maximum Gasteiger partial charge on any atom is 0.226 e. The highest BCUT2D eigenvalue weighted by Gasteiger charge is 2.58. The van der Waals surface area contributed by atoms with E-state index in [-0.39, 0.29) is 18.3 Å². The third-order valence-corrected chi connectivity index (χ3v) is 5.43. The van der Waals surface area contributed by atoms with Crippen molar-refractivity contribution in [2.45, 2.75) is 25.8 Å². The van der Waals surface area contributed by atoms with Gasteiger partial charge in [0.1, 0.15) is 0 Å². The molecule has 3 rings (SSSR count). The van der Waals surface area contributed by atoms with Crippen LogP contribution in [-0.2, 0) is 11.3 Å². The van der Waals surface area contributed by atoms with Gasteiger partial charge in [0.25, 0.3) is 0 Å². The highest BCUT2D eigenvalue weighted by Crippen LogP contribution is 2.59. The van der Waals surface area contributed by atoms with Gasteiger partial charge in [0.05, 0.1) is 0 Å². The molecule has 1 aliphatic heterocycles. The van der Waals surface area contributed by atoms with Crippen molar-refractivity contribution >= 4 is 29.7 Å². The molecule has 1 saturated carbocycles. The molecule has 1 unspecified atom stereocenters. The SMILES string of the molecule is C=CCN(Cc1ccsc1)C(=O)C1CC12CCNCC2.Cl. The minimum Gasteiger partial charge on any atom is -0.334 e. The molecular weight excluding hydrogens is 304 g/mol. The van der Waals surface area contributed by atoms with E-state index in [4.69, 9.17) is 0 Å². The molecule has 1 N–H and O–H groups in total. The van der Waals surface area contributed by atoms with Crippen molar-refractivity contribution in [2.75, 3.05) is 19.6 Å². The number of piperidine rings is 1. The zero-order valence-corrected chi connectivity index (χ0v) is 13.8.